The molecule has 1 aliphatic heterocycles. The van der Waals surface area contributed by atoms with E-state index in [2.05, 4.69) is 42.5 Å². The number of aromatic nitrogens is 1. The third-order valence-corrected chi connectivity index (χ3v) is 5.47. The van der Waals surface area contributed by atoms with E-state index in [1.54, 1.807) is 11.8 Å². The number of thioether (sulfide) groups is 1. The number of aryl methyl sites for hydroxylation is 3. The molecule has 2 heterocycles. The summed E-state index contributed by atoms with van der Waals surface area (Å²) in [6.45, 7) is 7.31. The summed E-state index contributed by atoms with van der Waals surface area (Å²) in [7, 11) is 0. The van der Waals surface area contributed by atoms with E-state index in [4.69, 9.17) is 9.26 Å². The topological polar surface area (TPSA) is 64.4 Å². The molecule has 3 rings (SSSR count). The minimum atomic E-state index is 0.0368. The first-order valence-corrected chi connectivity index (χ1v) is 10.1. The molecule has 0 saturated carbocycles. The van der Waals surface area contributed by atoms with E-state index in [1.165, 1.54) is 16.7 Å². The zero-order valence-electron chi connectivity index (χ0n) is 15.6. The maximum Gasteiger partial charge on any atom is 0.230 e. The predicted molar refractivity (Wildman–Crippen MR) is 103 cm³/mol. The van der Waals surface area contributed by atoms with Crippen molar-refractivity contribution in [3.05, 3.63) is 52.4 Å². The molecule has 2 atom stereocenters. The van der Waals surface area contributed by atoms with Crippen LogP contribution < -0.4 is 5.32 Å². The Morgan fingerprint density at radius 2 is 1.96 bits per heavy atom. The van der Waals surface area contributed by atoms with Crippen LogP contribution in [0.1, 0.15) is 28.1 Å². The summed E-state index contributed by atoms with van der Waals surface area (Å²) in [5, 5.41) is 7.04. The highest BCUT2D eigenvalue weighted by Gasteiger charge is 2.30. The van der Waals surface area contributed by atoms with E-state index in [0.29, 0.717) is 19.0 Å². The lowest BCUT2D eigenvalue weighted by molar-refractivity contribution is -0.119. The summed E-state index contributed by atoms with van der Waals surface area (Å²) < 4.78 is 10.9. The van der Waals surface area contributed by atoms with Crippen LogP contribution in [0.4, 0.5) is 0 Å². The molecule has 1 aliphatic rings. The van der Waals surface area contributed by atoms with Gasteiger partial charge >= 0.3 is 0 Å². The van der Waals surface area contributed by atoms with Gasteiger partial charge in [-0.25, -0.2) is 0 Å². The third kappa shape index (κ3) is 5.35. The molecule has 5 nitrogen and oxygen atoms in total. The fourth-order valence-electron chi connectivity index (χ4n) is 3.39. The number of rotatable bonds is 7. The molecular weight excluding hydrogens is 348 g/mol. The van der Waals surface area contributed by atoms with Gasteiger partial charge in [0.25, 0.3) is 0 Å². The lowest BCUT2D eigenvalue weighted by Gasteiger charge is -2.18. The Bertz CT molecular complexity index is 739. The Labute approximate surface area is 158 Å². The van der Waals surface area contributed by atoms with Crippen LogP contribution in [0.25, 0.3) is 0 Å². The van der Waals surface area contributed by atoms with Gasteiger partial charge in [-0.2, -0.15) is 0 Å². The average molecular weight is 375 g/mol. The quantitative estimate of drug-likeness (QED) is 0.806. The van der Waals surface area contributed by atoms with Crippen molar-refractivity contribution in [2.75, 3.05) is 19.0 Å². The molecule has 6 heteroatoms. The van der Waals surface area contributed by atoms with Gasteiger partial charge in [0.05, 0.1) is 30.7 Å². The highest BCUT2D eigenvalue weighted by Crippen LogP contribution is 2.20. The highest BCUT2D eigenvalue weighted by atomic mass is 32.2. The monoisotopic (exact) mass is 374 g/mol. The lowest BCUT2D eigenvalue weighted by atomic mass is 9.98. The molecule has 0 unspecified atom stereocenters. The second kappa shape index (κ2) is 8.73. The summed E-state index contributed by atoms with van der Waals surface area (Å²) in [6, 6.07) is 8.50. The molecule has 1 aromatic carbocycles. The van der Waals surface area contributed by atoms with Crippen LogP contribution in [0.2, 0.25) is 0 Å². The average Bonchev–Trinajstić information content (AvgIpc) is 3.16. The standard InChI is InChI=1S/C20H26N2O3S/c1-13-4-14(2)6-16(5-13)11-26-12-20(23)21-19-10-24-9-17(19)8-18-7-15(3)22-25-18/h4-7,17,19H,8-12H2,1-3H3,(H,21,23)/t17-,19+/m1/s1. The first-order chi connectivity index (χ1) is 12.5. The highest BCUT2D eigenvalue weighted by molar-refractivity contribution is 7.99. The van der Waals surface area contributed by atoms with Crippen LogP contribution in [0.15, 0.2) is 28.8 Å². The van der Waals surface area contributed by atoms with Gasteiger partial charge in [0.15, 0.2) is 0 Å². The molecule has 0 radical (unpaired) electrons. The second-order valence-electron chi connectivity index (χ2n) is 7.10. The molecular formula is C20H26N2O3S. The Morgan fingerprint density at radius 3 is 2.65 bits per heavy atom. The minimum absolute atomic E-state index is 0.0368. The summed E-state index contributed by atoms with van der Waals surface area (Å²) in [6.07, 6.45) is 0.738. The van der Waals surface area contributed by atoms with Gasteiger partial charge in [-0.15, -0.1) is 11.8 Å². The number of hydrogen-bond donors (Lipinski definition) is 1. The van der Waals surface area contributed by atoms with Gasteiger partial charge in [-0.1, -0.05) is 34.5 Å². The van der Waals surface area contributed by atoms with Crippen molar-refractivity contribution in [3.63, 3.8) is 0 Å². The van der Waals surface area contributed by atoms with Crippen molar-refractivity contribution in [1.82, 2.24) is 10.5 Å². The first kappa shape index (κ1) is 19.0. The van der Waals surface area contributed by atoms with E-state index in [0.717, 1.165) is 23.6 Å². The Balaban J connectivity index is 1.44. The zero-order chi connectivity index (χ0) is 18.5. The molecule has 1 saturated heterocycles. The van der Waals surface area contributed by atoms with Crippen molar-refractivity contribution in [3.8, 4) is 0 Å². The zero-order valence-corrected chi connectivity index (χ0v) is 16.4. The number of benzene rings is 1. The summed E-state index contributed by atoms with van der Waals surface area (Å²) in [5.41, 5.74) is 4.67. The van der Waals surface area contributed by atoms with E-state index in [-0.39, 0.29) is 17.9 Å². The van der Waals surface area contributed by atoms with Crippen LogP contribution in [0.3, 0.4) is 0 Å². The van der Waals surface area contributed by atoms with Gasteiger partial charge in [0.1, 0.15) is 5.76 Å². The van der Waals surface area contributed by atoms with Crippen molar-refractivity contribution in [2.45, 2.75) is 39.0 Å². The van der Waals surface area contributed by atoms with E-state index in [9.17, 15) is 4.79 Å². The molecule has 26 heavy (non-hydrogen) atoms. The van der Waals surface area contributed by atoms with Gasteiger partial charge in [0.2, 0.25) is 5.91 Å². The fourth-order valence-corrected chi connectivity index (χ4v) is 4.17. The van der Waals surface area contributed by atoms with Gasteiger partial charge in [0, 0.05) is 24.2 Å². The number of nitrogens with one attached hydrogen (secondary N) is 1. The third-order valence-electron chi connectivity index (χ3n) is 4.47. The number of hydrogen-bond acceptors (Lipinski definition) is 5. The van der Waals surface area contributed by atoms with Crippen LogP contribution in [0, 0.1) is 26.7 Å². The van der Waals surface area contributed by atoms with E-state index in [1.807, 2.05) is 13.0 Å². The number of amides is 1. The van der Waals surface area contributed by atoms with Crippen molar-refractivity contribution < 1.29 is 14.1 Å². The SMILES string of the molecule is Cc1cc(C)cc(CSCC(=O)N[C@H]2COC[C@H]2Cc2cc(C)no2)c1. The minimum Gasteiger partial charge on any atom is -0.379 e. The Kier molecular flexibility index (Phi) is 6.38. The van der Waals surface area contributed by atoms with Crippen molar-refractivity contribution in [1.29, 1.82) is 0 Å². The van der Waals surface area contributed by atoms with E-state index < -0.39 is 0 Å². The normalized spacial score (nSPS) is 19.7. The van der Waals surface area contributed by atoms with Gasteiger partial charge in [-0.05, 0) is 26.3 Å². The Hall–Kier alpha value is -1.79. The molecule has 1 N–H and O–H groups in total. The predicted octanol–water partition coefficient (Wildman–Crippen LogP) is 3.21. The maximum atomic E-state index is 12.3. The molecule has 1 aromatic heterocycles. The first-order valence-electron chi connectivity index (χ1n) is 8.94. The lowest BCUT2D eigenvalue weighted by Crippen LogP contribution is -2.41. The summed E-state index contributed by atoms with van der Waals surface area (Å²) >= 11 is 1.64. The van der Waals surface area contributed by atoms with Gasteiger partial charge < -0.3 is 14.6 Å². The number of ether oxygens (including phenoxy) is 1. The molecule has 0 bridgehead atoms. The largest absolute Gasteiger partial charge is 0.379 e. The maximum absolute atomic E-state index is 12.3. The smallest absolute Gasteiger partial charge is 0.230 e. The number of carbonyl (C=O) groups excluding carboxylic acids is 1. The molecule has 1 fully saturated rings. The Morgan fingerprint density at radius 1 is 1.19 bits per heavy atom. The van der Waals surface area contributed by atoms with Crippen LogP contribution >= 0.6 is 11.8 Å². The van der Waals surface area contributed by atoms with Crippen molar-refractivity contribution >= 4 is 17.7 Å². The fraction of sp³-hybridized carbons (Fsp3) is 0.500. The molecule has 2 aromatic rings. The van der Waals surface area contributed by atoms with Crippen LogP contribution in [0.5, 0.6) is 0 Å². The van der Waals surface area contributed by atoms with Crippen LogP contribution in [-0.2, 0) is 21.7 Å². The van der Waals surface area contributed by atoms with Gasteiger partial charge in [-0.3, -0.25) is 4.79 Å². The molecule has 140 valence electrons. The summed E-state index contributed by atoms with van der Waals surface area (Å²) in [4.78, 5) is 12.3. The number of carbonyl (C=O) groups is 1. The van der Waals surface area contributed by atoms with Crippen molar-refractivity contribution in [2.24, 2.45) is 5.92 Å². The second-order valence-corrected chi connectivity index (χ2v) is 8.08. The molecule has 0 aliphatic carbocycles. The van der Waals surface area contributed by atoms with Crippen LogP contribution in [-0.4, -0.2) is 36.1 Å². The summed E-state index contributed by atoms with van der Waals surface area (Å²) in [5.74, 6) is 2.45. The molecule has 1 amide bonds. The van der Waals surface area contributed by atoms with E-state index >= 15 is 0 Å². The molecule has 0 spiro atoms. The number of nitrogens with zero attached hydrogens (tertiary/aromatic N) is 1.